The molecule has 0 saturated carbocycles. The van der Waals surface area contributed by atoms with Gasteiger partial charge in [-0.05, 0) is 24.3 Å². The number of carbonyl (C=O) groups excluding carboxylic acids is 2. The van der Waals surface area contributed by atoms with E-state index in [0.717, 1.165) is 3.97 Å². The van der Waals surface area contributed by atoms with Gasteiger partial charge in [0.25, 0.3) is 10.0 Å². The summed E-state index contributed by atoms with van der Waals surface area (Å²) < 4.78 is 27.7. The van der Waals surface area contributed by atoms with Crippen molar-refractivity contribution >= 4 is 32.7 Å². The number of nitrogens with zero attached hydrogens (tertiary/aromatic N) is 1. The minimum Gasteiger partial charge on any atom is -0.545 e. The fraction of sp³-hybridized carbons (Fsp3) is 0. The summed E-state index contributed by atoms with van der Waals surface area (Å²) in [5, 5.41) is 12.0. The predicted molar refractivity (Wildman–Crippen MR) is 105 cm³/mol. The number of aromatic carboxylic acids is 1. The molecule has 0 unspecified atom stereocenters. The Morgan fingerprint density at radius 3 is 2.00 bits per heavy atom. The normalized spacial score (nSPS) is 11.1. The molecule has 4 aromatic rings. The van der Waals surface area contributed by atoms with Crippen LogP contribution in [0.3, 0.4) is 0 Å². The minimum absolute atomic E-state index is 0. The van der Waals surface area contributed by atoms with Crippen molar-refractivity contribution in [2.45, 2.75) is 4.90 Å². The van der Waals surface area contributed by atoms with Crippen molar-refractivity contribution in [2.24, 2.45) is 0 Å². The van der Waals surface area contributed by atoms with Crippen LogP contribution in [0.4, 0.5) is 0 Å². The van der Waals surface area contributed by atoms with Gasteiger partial charge in [-0.15, -0.1) is 0 Å². The van der Waals surface area contributed by atoms with E-state index in [1.165, 1.54) is 42.5 Å². The van der Waals surface area contributed by atoms with Crippen LogP contribution >= 0.6 is 0 Å². The van der Waals surface area contributed by atoms with Crippen molar-refractivity contribution in [1.29, 1.82) is 0 Å². The van der Waals surface area contributed by atoms with Gasteiger partial charge < -0.3 is 9.90 Å². The molecule has 0 fully saturated rings. The molecule has 0 radical (unpaired) electrons. The third-order valence-corrected chi connectivity index (χ3v) is 6.31. The Kier molecular flexibility index (Phi) is 5.99. The first-order valence-corrected chi connectivity index (χ1v) is 10.1. The van der Waals surface area contributed by atoms with Crippen LogP contribution in [0.5, 0.6) is 0 Å². The fourth-order valence-electron chi connectivity index (χ4n) is 3.24. The number of rotatable bonds is 5. The number of hydrogen-bond donors (Lipinski definition) is 0. The average Bonchev–Trinajstić information content (AvgIpc) is 3.14. The number of hydrogen-bond acceptors (Lipinski definition) is 5. The largest absolute Gasteiger partial charge is 1.00 e. The molecular formula is C22H14LiNO5S. The van der Waals surface area contributed by atoms with Crippen molar-refractivity contribution in [3.8, 4) is 0 Å². The monoisotopic (exact) mass is 411 g/mol. The molecule has 0 spiro atoms. The second kappa shape index (κ2) is 8.32. The van der Waals surface area contributed by atoms with E-state index >= 15 is 0 Å². The Hall–Kier alpha value is -3.11. The smallest absolute Gasteiger partial charge is 0.545 e. The van der Waals surface area contributed by atoms with E-state index in [2.05, 4.69) is 0 Å². The zero-order chi connectivity index (χ0) is 20.6. The number of aromatic nitrogens is 1. The van der Waals surface area contributed by atoms with Gasteiger partial charge in [0.1, 0.15) is 5.69 Å². The number of fused-ring (bicyclic) bond motifs is 1. The van der Waals surface area contributed by atoms with Crippen LogP contribution in [-0.2, 0) is 10.0 Å². The van der Waals surface area contributed by atoms with Crippen molar-refractivity contribution in [3.63, 3.8) is 0 Å². The van der Waals surface area contributed by atoms with Crippen molar-refractivity contribution < 1.29 is 42.0 Å². The van der Waals surface area contributed by atoms with Crippen LogP contribution in [0.2, 0.25) is 0 Å². The molecule has 144 valence electrons. The van der Waals surface area contributed by atoms with Gasteiger partial charge in [-0.1, -0.05) is 60.7 Å². The molecule has 4 rings (SSSR count). The summed E-state index contributed by atoms with van der Waals surface area (Å²) in [5.41, 5.74) is -0.263. The third kappa shape index (κ3) is 3.59. The van der Waals surface area contributed by atoms with E-state index in [9.17, 15) is 23.1 Å². The molecule has 1 heterocycles. The molecular weight excluding hydrogens is 397 g/mol. The maximum atomic E-state index is 13.4. The SMILES string of the molecule is O=C([O-])c1ccccc1C(=O)c1cc2ccccc2n1S(=O)(=O)c1ccccc1.[Li+]. The molecule has 0 N–H and O–H groups in total. The molecule has 0 aliphatic rings. The van der Waals surface area contributed by atoms with Crippen LogP contribution in [-0.4, -0.2) is 24.1 Å². The molecule has 8 heteroatoms. The van der Waals surface area contributed by atoms with Crippen LogP contribution < -0.4 is 24.0 Å². The second-order valence-electron chi connectivity index (χ2n) is 6.33. The van der Waals surface area contributed by atoms with Gasteiger partial charge in [0.15, 0.2) is 0 Å². The van der Waals surface area contributed by atoms with E-state index in [0.29, 0.717) is 10.9 Å². The number of carboxylic acid groups (broad SMARTS) is 1. The molecule has 6 nitrogen and oxygen atoms in total. The minimum atomic E-state index is -4.11. The predicted octanol–water partition coefficient (Wildman–Crippen LogP) is -0.523. The third-order valence-electron chi connectivity index (χ3n) is 4.57. The van der Waals surface area contributed by atoms with E-state index < -0.39 is 21.8 Å². The summed E-state index contributed by atoms with van der Waals surface area (Å²) in [6.07, 6.45) is 0. The number of carboxylic acids is 1. The van der Waals surface area contributed by atoms with E-state index in [1.54, 1.807) is 42.5 Å². The van der Waals surface area contributed by atoms with Gasteiger partial charge in [-0.2, -0.15) is 0 Å². The summed E-state index contributed by atoms with van der Waals surface area (Å²) in [6.45, 7) is 0. The van der Waals surface area contributed by atoms with Gasteiger partial charge >= 0.3 is 18.9 Å². The van der Waals surface area contributed by atoms with E-state index in [4.69, 9.17) is 0 Å². The Morgan fingerprint density at radius 1 is 0.767 bits per heavy atom. The standard InChI is InChI=1S/C22H15NO5S.Li/c24-21(17-11-5-6-12-18(17)22(25)26)20-14-15-8-4-7-13-19(15)23(20)29(27,28)16-9-2-1-3-10-16;/h1-14H,(H,25,26);/q;+1/p-1. The zero-order valence-corrected chi connectivity index (χ0v) is 16.8. The van der Waals surface area contributed by atoms with Gasteiger partial charge in [0.05, 0.1) is 16.4 Å². The topological polar surface area (TPSA) is 96.3 Å². The fourth-order valence-corrected chi connectivity index (χ4v) is 4.77. The van der Waals surface area contributed by atoms with Crippen LogP contribution in [0.1, 0.15) is 26.4 Å². The Balaban J connectivity index is 0.00000256. The first-order valence-electron chi connectivity index (χ1n) is 8.67. The van der Waals surface area contributed by atoms with E-state index in [-0.39, 0.29) is 40.6 Å². The van der Waals surface area contributed by atoms with Crippen molar-refractivity contribution in [2.75, 3.05) is 0 Å². The van der Waals surface area contributed by atoms with Crippen LogP contribution in [0.25, 0.3) is 10.9 Å². The molecule has 0 aliphatic carbocycles. The molecule has 0 saturated heterocycles. The molecule has 0 aliphatic heterocycles. The second-order valence-corrected chi connectivity index (χ2v) is 8.12. The summed E-state index contributed by atoms with van der Waals surface area (Å²) >= 11 is 0. The molecule has 0 amide bonds. The molecule has 1 aromatic heterocycles. The maximum Gasteiger partial charge on any atom is 1.00 e. The first kappa shape index (κ1) is 21.6. The number of para-hydroxylation sites is 1. The Morgan fingerprint density at radius 2 is 1.33 bits per heavy atom. The average molecular weight is 411 g/mol. The van der Waals surface area contributed by atoms with Crippen molar-refractivity contribution in [1.82, 2.24) is 3.97 Å². The maximum absolute atomic E-state index is 13.4. The van der Waals surface area contributed by atoms with Gasteiger partial charge in [-0.25, -0.2) is 12.4 Å². The van der Waals surface area contributed by atoms with Gasteiger partial charge in [0.2, 0.25) is 5.78 Å². The van der Waals surface area contributed by atoms with Gasteiger partial charge in [0, 0.05) is 16.5 Å². The molecule has 3 aromatic carbocycles. The van der Waals surface area contributed by atoms with Gasteiger partial charge in [-0.3, -0.25) is 4.79 Å². The Bertz CT molecular complexity index is 1360. The number of ketones is 1. The van der Waals surface area contributed by atoms with Crippen molar-refractivity contribution in [3.05, 3.63) is 102 Å². The van der Waals surface area contributed by atoms with Crippen LogP contribution in [0.15, 0.2) is 89.8 Å². The Labute approximate surface area is 185 Å². The zero-order valence-electron chi connectivity index (χ0n) is 16.0. The summed E-state index contributed by atoms with van der Waals surface area (Å²) in [5.74, 6) is -2.23. The van der Waals surface area contributed by atoms with Crippen LogP contribution in [0, 0.1) is 0 Å². The number of benzene rings is 3. The summed E-state index contributed by atoms with van der Waals surface area (Å²) in [7, 11) is -4.11. The first-order chi connectivity index (χ1) is 13.9. The molecule has 30 heavy (non-hydrogen) atoms. The quantitative estimate of drug-likeness (QED) is 0.325. The summed E-state index contributed by atoms with van der Waals surface area (Å²) in [6, 6.07) is 21.4. The number of carbonyl (C=O) groups is 2. The van der Waals surface area contributed by atoms with E-state index in [1.807, 2.05) is 0 Å². The molecule has 0 bridgehead atoms. The molecule has 0 atom stereocenters. The summed E-state index contributed by atoms with van der Waals surface area (Å²) in [4.78, 5) is 24.7.